The van der Waals surface area contributed by atoms with Gasteiger partial charge in [0.25, 0.3) is 0 Å². The Kier molecular flexibility index (Phi) is 8.65. The molecule has 42 heavy (non-hydrogen) atoms. The highest BCUT2D eigenvalue weighted by molar-refractivity contribution is 7.14. The van der Waals surface area contributed by atoms with Crippen LogP contribution in [-0.2, 0) is 6.61 Å². The second-order valence-corrected chi connectivity index (χ2v) is 12.3. The van der Waals surface area contributed by atoms with Crippen molar-refractivity contribution < 1.29 is 14.6 Å². The highest BCUT2D eigenvalue weighted by Gasteiger charge is 2.20. The molecule has 2 N–H and O–H groups in total. The maximum Gasteiger partial charge on any atom is 0.335 e. The van der Waals surface area contributed by atoms with Gasteiger partial charge in [-0.15, -0.1) is 11.3 Å². The zero-order chi connectivity index (χ0) is 29.1. The summed E-state index contributed by atoms with van der Waals surface area (Å²) < 4.78 is 5.99. The van der Waals surface area contributed by atoms with Crippen LogP contribution in [0.15, 0.2) is 66.0 Å². The average molecular weight is 622 g/mol. The monoisotopic (exact) mass is 620 g/mol. The van der Waals surface area contributed by atoms with E-state index in [4.69, 9.17) is 37.9 Å². The number of halogens is 2. The number of benzene rings is 3. The van der Waals surface area contributed by atoms with Crippen LogP contribution in [0.3, 0.4) is 0 Å². The minimum absolute atomic E-state index is 0.272. The highest BCUT2D eigenvalue weighted by Crippen LogP contribution is 2.35. The quantitative estimate of drug-likeness (QED) is 0.161. The zero-order valence-corrected chi connectivity index (χ0v) is 25.2. The Morgan fingerprint density at radius 3 is 2.57 bits per heavy atom. The molecule has 2 heterocycles. The molecular formula is C32H30Cl2N4O3S. The van der Waals surface area contributed by atoms with E-state index in [9.17, 15) is 9.90 Å². The Balaban J connectivity index is 1.21. The zero-order valence-electron chi connectivity index (χ0n) is 22.9. The van der Waals surface area contributed by atoms with Crippen LogP contribution in [0.4, 0.5) is 10.8 Å². The van der Waals surface area contributed by atoms with Crippen molar-refractivity contribution in [3.63, 3.8) is 0 Å². The first-order valence-electron chi connectivity index (χ1n) is 14.1. The highest BCUT2D eigenvalue weighted by atomic mass is 35.5. The number of carbonyl (C=O) groups is 1. The lowest BCUT2D eigenvalue weighted by atomic mass is 9.87. The number of carboxylic acids is 1. The molecule has 0 atom stereocenters. The lowest BCUT2D eigenvalue weighted by Crippen LogP contribution is -2.22. The maximum absolute atomic E-state index is 11.4. The van der Waals surface area contributed by atoms with Crippen molar-refractivity contribution in [2.75, 3.05) is 11.4 Å². The van der Waals surface area contributed by atoms with Gasteiger partial charge in [-0.2, -0.15) is 0 Å². The van der Waals surface area contributed by atoms with Crippen molar-refractivity contribution in [3.05, 3.63) is 87.2 Å². The Labute approximate surface area is 258 Å². The van der Waals surface area contributed by atoms with Gasteiger partial charge in [0.2, 0.25) is 0 Å². The number of hydrogen-bond acceptors (Lipinski definition) is 6. The number of aromatic carboxylic acids is 1. The number of aromatic amines is 1. The third-order valence-electron chi connectivity index (χ3n) is 7.72. The third kappa shape index (κ3) is 6.56. The number of carboxylic acid groups (broad SMARTS) is 1. The molecule has 0 aliphatic heterocycles. The number of fused-ring (bicyclic) bond motifs is 1. The number of anilines is 2. The first-order chi connectivity index (χ1) is 20.4. The fourth-order valence-electron chi connectivity index (χ4n) is 5.40. The molecule has 5 aromatic rings. The van der Waals surface area contributed by atoms with Crippen LogP contribution in [-0.4, -0.2) is 32.6 Å². The molecule has 0 saturated heterocycles. The molecule has 10 heteroatoms. The van der Waals surface area contributed by atoms with E-state index in [1.807, 2.05) is 41.8 Å². The smallest absolute Gasteiger partial charge is 0.335 e. The van der Waals surface area contributed by atoms with Gasteiger partial charge in [-0.3, -0.25) is 0 Å². The number of nitrogens with zero attached hydrogens (tertiary/aromatic N) is 3. The van der Waals surface area contributed by atoms with Gasteiger partial charge in [-0.25, -0.2) is 14.8 Å². The molecule has 1 aliphatic rings. The molecule has 3 aromatic carbocycles. The van der Waals surface area contributed by atoms with Gasteiger partial charge in [-0.1, -0.05) is 61.4 Å². The van der Waals surface area contributed by atoms with E-state index in [0.717, 1.165) is 46.1 Å². The van der Waals surface area contributed by atoms with Crippen molar-refractivity contribution in [3.8, 4) is 17.3 Å². The number of hydrogen-bond donors (Lipinski definition) is 2. The molecule has 1 fully saturated rings. The van der Waals surface area contributed by atoms with Crippen LogP contribution < -0.4 is 9.64 Å². The summed E-state index contributed by atoms with van der Waals surface area (Å²) in [7, 11) is 0. The SMILES string of the molecule is O=C(O)c1ccc(N(CCC2CCCCC2)c2nc(-c3nc4ccc(OCc5ccc(Cl)c(Cl)c5)cc4[nH]3)cs2)cc1. The lowest BCUT2D eigenvalue weighted by Gasteiger charge is -2.27. The normalized spacial score (nSPS) is 13.9. The minimum atomic E-state index is -0.931. The van der Waals surface area contributed by atoms with Crippen molar-refractivity contribution in [1.29, 1.82) is 0 Å². The average Bonchev–Trinajstić information content (AvgIpc) is 3.66. The van der Waals surface area contributed by atoms with Crippen LogP contribution in [0.1, 0.15) is 54.4 Å². The molecule has 216 valence electrons. The molecular weight excluding hydrogens is 591 g/mol. The summed E-state index contributed by atoms with van der Waals surface area (Å²) in [5, 5.41) is 13.2. The second-order valence-electron chi connectivity index (χ2n) is 10.6. The van der Waals surface area contributed by atoms with Crippen molar-refractivity contribution in [2.24, 2.45) is 5.92 Å². The first-order valence-corrected chi connectivity index (χ1v) is 15.7. The summed E-state index contributed by atoms with van der Waals surface area (Å²) >= 11 is 13.7. The van der Waals surface area contributed by atoms with E-state index in [-0.39, 0.29) is 5.56 Å². The fraction of sp³-hybridized carbons (Fsp3) is 0.281. The van der Waals surface area contributed by atoms with Gasteiger partial charge in [0.15, 0.2) is 11.0 Å². The summed E-state index contributed by atoms with van der Waals surface area (Å²) in [4.78, 5) is 26.8. The first kappa shape index (κ1) is 28.5. The van der Waals surface area contributed by atoms with Gasteiger partial charge in [-0.05, 0) is 66.4 Å². The number of ether oxygens (including phenoxy) is 1. The van der Waals surface area contributed by atoms with Gasteiger partial charge in [0.1, 0.15) is 18.1 Å². The Morgan fingerprint density at radius 2 is 1.81 bits per heavy atom. The van der Waals surface area contributed by atoms with E-state index in [1.54, 1.807) is 35.6 Å². The molecule has 1 aliphatic carbocycles. The van der Waals surface area contributed by atoms with Gasteiger partial charge >= 0.3 is 5.97 Å². The topological polar surface area (TPSA) is 91.3 Å². The third-order valence-corrected chi connectivity index (χ3v) is 9.32. The Bertz CT molecular complexity index is 1700. The maximum atomic E-state index is 11.4. The van der Waals surface area contributed by atoms with E-state index in [2.05, 4.69) is 9.88 Å². The molecule has 0 amide bonds. The van der Waals surface area contributed by atoms with E-state index in [1.165, 1.54) is 32.1 Å². The van der Waals surface area contributed by atoms with Crippen molar-refractivity contribution >= 4 is 62.4 Å². The summed E-state index contributed by atoms with van der Waals surface area (Å²) in [5.41, 5.74) is 4.56. The largest absolute Gasteiger partial charge is 0.489 e. The number of rotatable bonds is 10. The number of imidazole rings is 1. The molecule has 0 unspecified atom stereocenters. The van der Waals surface area contributed by atoms with E-state index < -0.39 is 5.97 Å². The number of aromatic nitrogens is 3. The second kappa shape index (κ2) is 12.7. The van der Waals surface area contributed by atoms with Crippen LogP contribution in [0, 0.1) is 5.92 Å². The number of H-pyrrole nitrogens is 1. The van der Waals surface area contributed by atoms with Crippen LogP contribution in [0.25, 0.3) is 22.6 Å². The predicted molar refractivity (Wildman–Crippen MR) is 170 cm³/mol. The van der Waals surface area contributed by atoms with Crippen LogP contribution >= 0.6 is 34.5 Å². The molecule has 2 aromatic heterocycles. The van der Waals surface area contributed by atoms with Gasteiger partial charge < -0.3 is 19.7 Å². The Morgan fingerprint density at radius 1 is 1.00 bits per heavy atom. The van der Waals surface area contributed by atoms with Crippen molar-refractivity contribution in [2.45, 2.75) is 45.1 Å². The molecule has 1 saturated carbocycles. The molecule has 0 spiro atoms. The van der Waals surface area contributed by atoms with Gasteiger partial charge in [0, 0.05) is 23.7 Å². The minimum Gasteiger partial charge on any atom is -0.489 e. The van der Waals surface area contributed by atoms with E-state index >= 15 is 0 Å². The number of nitrogens with one attached hydrogen (secondary N) is 1. The standard InChI is InChI=1S/C32H30Cl2N4O3S/c33-25-12-6-21(16-26(25)34)18-41-24-11-13-27-28(17-24)36-30(35-27)29-19-42-32(37-29)38(15-14-20-4-2-1-3-5-20)23-9-7-22(8-10-23)31(39)40/h6-13,16-17,19-20H,1-5,14-15,18H2,(H,35,36)(H,39,40). The Hall–Kier alpha value is -3.59. The van der Waals surface area contributed by atoms with Crippen LogP contribution in [0.2, 0.25) is 10.0 Å². The molecule has 0 radical (unpaired) electrons. The number of thiazole rings is 1. The van der Waals surface area contributed by atoms with Crippen LogP contribution in [0.5, 0.6) is 5.75 Å². The van der Waals surface area contributed by atoms with E-state index in [0.29, 0.717) is 34.1 Å². The summed E-state index contributed by atoms with van der Waals surface area (Å²) in [6.07, 6.45) is 7.54. The fourth-order valence-corrected chi connectivity index (χ4v) is 6.58. The predicted octanol–water partition coefficient (Wildman–Crippen LogP) is 9.38. The summed E-state index contributed by atoms with van der Waals surface area (Å²) in [6.45, 7) is 1.19. The molecule has 7 nitrogen and oxygen atoms in total. The summed E-state index contributed by atoms with van der Waals surface area (Å²) in [5.74, 6) is 1.17. The van der Waals surface area contributed by atoms with Crippen molar-refractivity contribution in [1.82, 2.24) is 15.0 Å². The van der Waals surface area contributed by atoms with Gasteiger partial charge in [0.05, 0.1) is 26.6 Å². The molecule has 0 bridgehead atoms. The molecule has 6 rings (SSSR count). The lowest BCUT2D eigenvalue weighted by molar-refractivity contribution is 0.0697. The summed E-state index contributed by atoms with van der Waals surface area (Å²) in [6, 6.07) is 18.2.